The van der Waals surface area contributed by atoms with Gasteiger partial charge >= 0.3 is 0 Å². The molecule has 4 N–H and O–H groups in total. The first kappa shape index (κ1) is 20.8. The van der Waals surface area contributed by atoms with Gasteiger partial charge in [0.1, 0.15) is 6.23 Å². The van der Waals surface area contributed by atoms with Gasteiger partial charge in [-0.25, -0.2) is 10.4 Å². The minimum absolute atomic E-state index is 0.301. The Hall–Kier alpha value is -1.97. The van der Waals surface area contributed by atoms with E-state index in [1.807, 2.05) is 36.4 Å². The van der Waals surface area contributed by atoms with Crippen LogP contribution in [0.4, 0.5) is 0 Å². The fraction of sp³-hybridized carbons (Fsp3) is 0.400. The highest BCUT2D eigenvalue weighted by atomic mass is 32.2. The number of carbonyl (C=O) groups excluding carboxylic acids is 1. The topological polar surface area (TPSA) is 106 Å². The molecule has 1 aromatic heterocycles. The average Bonchev–Trinajstić information content (AvgIpc) is 2.97. The second kappa shape index (κ2) is 9.99. The Balaban J connectivity index is 1.53. The number of hydrogen-bond acceptors (Lipinski definition) is 7. The predicted molar refractivity (Wildman–Crippen MR) is 109 cm³/mol. The van der Waals surface area contributed by atoms with E-state index in [1.54, 1.807) is 16.6 Å². The van der Waals surface area contributed by atoms with Crippen LogP contribution in [0.1, 0.15) is 37.7 Å². The number of amides is 1. The van der Waals surface area contributed by atoms with E-state index in [1.165, 1.54) is 11.8 Å². The van der Waals surface area contributed by atoms with Gasteiger partial charge in [0.2, 0.25) is 5.91 Å². The maximum Gasteiger partial charge on any atom is 0.243 e. The van der Waals surface area contributed by atoms with Crippen molar-refractivity contribution in [3.8, 4) is 0 Å². The van der Waals surface area contributed by atoms with E-state index in [4.69, 9.17) is 5.21 Å². The summed E-state index contributed by atoms with van der Waals surface area (Å²) in [6.45, 7) is 0.570. The number of hydrogen-bond donors (Lipinski definition) is 4. The van der Waals surface area contributed by atoms with Crippen LogP contribution in [-0.4, -0.2) is 49.5 Å². The summed E-state index contributed by atoms with van der Waals surface area (Å²) in [5.74, 6) is -0.374. The molecule has 2 aromatic rings. The van der Waals surface area contributed by atoms with Crippen LogP contribution >= 0.6 is 11.8 Å². The van der Waals surface area contributed by atoms with Gasteiger partial charge in [0.15, 0.2) is 5.56 Å². The monoisotopic (exact) mass is 403 g/mol. The van der Waals surface area contributed by atoms with Gasteiger partial charge in [-0.1, -0.05) is 36.7 Å². The highest BCUT2D eigenvalue weighted by Crippen LogP contribution is 2.38. The third kappa shape index (κ3) is 5.30. The van der Waals surface area contributed by atoms with Crippen molar-refractivity contribution in [3.63, 3.8) is 0 Å². The zero-order chi connectivity index (χ0) is 19.9. The van der Waals surface area contributed by atoms with Crippen molar-refractivity contribution in [3.05, 3.63) is 47.0 Å². The highest BCUT2D eigenvalue weighted by Gasteiger charge is 2.35. The molecular weight excluding hydrogens is 378 g/mol. The zero-order valence-corrected chi connectivity index (χ0v) is 16.3. The van der Waals surface area contributed by atoms with Crippen LogP contribution in [0.5, 0.6) is 0 Å². The van der Waals surface area contributed by atoms with Crippen LogP contribution < -0.4 is 5.48 Å². The van der Waals surface area contributed by atoms with Crippen LogP contribution in [-0.2, 0) is 4.79 Å². The van der Waals surface area contributed by atoms with Gasteiger partial charge in [-0.05, 0) is 42.7 Å². The summed E-state index contributed by atoms with van der Waals surface area (Å²) in [5.41, 5.74) is 2.72. The maximum absolute atomic E-state index is 11.0. The largest absolute Gasteiger partial charge is 0.373 e. The van der Waals surface area contributed by atoms with E-state index in [9.17, 15) is 15.0 Å². The number of hydroxylamine groups is 1. The lowest BCUT2D eigenvalue weighted by Crippen LogP contribution is -2.36. The molecule has 2 atom stereocenters. The number of benzene rings is 1. The van der Waals surface area contributed by atoms with Crippen molar-refractivity contribution in [1.82, 2.24) is 15.4 Å². The molecule has 0 saturated carbocycles. The number of aromatic nitrogens is 1. The average molecular weight is 404 g/mol. The summed E-state index contributed by atoms with van der Waals surface area (Å²) in [5, 5.41) is 30.3. The summed E-state index contributed by atoms with van der Waals surface area (Å²) in [7, 11) is 0. The van der Waals surface area contributed by atoms with Gasteiger partial charge in [0.25, 0.3) is 0 Å². The maximum atomic E-state index is 11.0. The summed E-state index contributed by atoms with van der Waals surface area (Å²) < 4.78 is 0. The van der Waals surface area contributed by atoms with Crippen LogP contribution in [0, 0.1) is 0 Å². The van der Waals surface area contributed by atoms with Crippen molar-refractivity contribution in [1.29, 1.82) is 0 Å². The Morgan fingerprint density at radius 1 is 1.21 bits per heavy atom. The number of aliphatic hydroxyl groups excluding tert-OH is 2. The van der Waals surface area contributed by atoms with E-state index in [0.29, 0.717) is 19.4 Å². The predicted octanol–water partition coefficient (Wildman–Crippen LogP) is 2.67. The molecule has 0 aliphatic carbocycles. The second-order valence-corrected chi connectivity index (χ2v) is 7.89. The van der Waals surface area contributed by atoms with Crippen molar-refractivity contribution < 1.29 is 20.2 Å². The molecule has 1 aliphatic heterocycles. The first-order chi connectivity index (χ1) is 13.6. The molecule has 1 aliphatic rings. The van der Waals surface area contributed by atoms with Crippen LogP contribution in [0.15, 0.2) is 41.4 Å². The van der Waals surface area contributed by atoms with Gasteiger partial charge < -0.3 is 10.2 Å². The number of fused-ring (bicyclic) bond motifs is 1. The molecule has 0 spiro atoms. The van der Waals surface area contributed by atoms with E-state index in [0.717, 1.165) is 40.6 Å². The molecule has 1 fully saturated rings. The lowest BCUT2D eigenvalue weighted by atomic mass is 10.1. The van der Waals surface area contributed by atoms with Crippen LogP contribution in [0.2, 0.25) is 0 Å². The molecule has 28 heavy (non-hydrogen) atoms. The normalized spacial score (nSPS) is 21.5. The minimum Gasteiger partial charge on any atom is -0.373 e. The Morgan fingerprint density at radius 2 is 2.04 bits per heavy atom. The van der Waals surface area contributed by atoms with E-state index in [2.05, 4.69) is 4.98 Å². The minimum atomic E-state index is -0.829. The Bertz CT molecular complexity index is 845. The Morgan fingerprint density at radius 3 is 2.86 bits per heavy atom. The summed E-state index contributed by atoms with van der Waals surface area (Å²) >= 11 is 1.25. The van der Waals surface area contributed by atoms with Gasteiger partial charge in [0.05, 0.1) is 5.52 Å². The third-order valence-electron chi connectivity index (χ3n) is 4.72. The highest BCUT2D eigenvalue weighted by molar-refractivity contribution is 8.03. The SMILES string of the molecule is O=C(CCCCCCN1C(O)S/C(=C\c2ccc3ncccc3c2)C1O)NO. The number of aliphatic hydroxyl groups is 2. The zero-order valence-electron chi connectivity index (χ0n) is 15.5. The molecule has 3 rings (SSSR count). The molecule has 7 nitrogen and oxygen atoms in total. The molecular formula is C20H25N3O4S. The Labute approximate surface area is 168 Å². The Kier molecular flexibility index (Phi) is 7.41. The number of pyridine rings is 1. The summed E-state index contributed by atoms with van der Waals surface area (Å²) in [4.78, 5) is 17.6. The van der Waals surface area contributed by atoms with Gasteiger partial charge in [-0.2, -0.15) is 0 Å². The molecule has 1 saturated heterocycles. The van der Waals surface area contributed by atoms with Crippen molar-refractivity contribution in [2.45, 2.75) is 43.9 Å². The standard InChI is InChI=1S/C20H25N3O4S/c24-18(22-27)7-3-1-2-4-11-23-19(25)17(28-20(23)26)13-14-8-9-16-15(12-14)6-5-10-21-16/h5-6,8-10,12-13,19-20,25-27H,1-4,7,11H2,(H,22,24)/b17-13-. The van der Waals surface area contributed by atoms with Crippen molar-refractivity contribution in [2.24, 2.45) is 0 Å². The molecule has 150 valence electrons. The third-order valence-corrected chi connectivity index (χ3v) is 5.81. The molecule has 2 heterocycles. The number of nitrogens with zero attached hydrogens (tertiary/aromatic N) is 2. The number of nitrogens with one attached hydrogen (secondary N) is 1. The quantitative estimate of drug-likeness (QED) is 0.305. The number of unbranched alkanes of at least 4 members (excludes halogenated alkanes) is 3. The fourth-order valence-electron chi connectivity index (χ4n) is 3.21. The van der Waals surface area contributed by atoms with Crippen LogP contribution in [0.25, 0.3) is 17.0 Å². The lowest BCUT2D eigenvalue weighted by molar-refractivity contribution is -0.129. The van der Waals surface area contributed by atoms with E-state index in [-0.39, 0.29) is 5.91 Å². The lowest BCUT2D eigenvalue weighted by Gasteiger charge is -2.22. The van der Waals surface area contributed by atoms with Gasteiger partial charge in [-0.15, -0.1) is 0 Å². The van der Waals surface area contributed by atoms with Gasteiger partial charge in [-0.3, -0.25) is 15.0 Å². The summed E-state index contributed by atoms with van der Waals surface area (Å²) in [6, 6.07) is 9.79. The number of thioether (sulfide) groups is 1. The smallest absolute Gasteiger partial charge is 0.243 e. The van der Waals surface area contributed by atoms with E-state index < -0.39 is 11.8 Å². The fourth-order valence-corrected chi connectivity index (χ4v) is 4.27. The molecule has 0 bridgehead atoms. The summed E-state index contributed by atoms with van der Waals surface area (Å²) in [6.07, 6.45) is 6.38. The van der Waals surface area contributed by atoms with Crippen LogP contribution in [0.3, 0.4) is 0 Å². The first-order valence-electron chi connectivity index (χ1n) is 9.36. The molecule has 1 amide bonds. The first-order valence-corrected chi connectivity index (χ1v) is 10.2. The molecule has 8 heteroatoms. The number of carbonyl (C=O) groups is 1. The molecule has 0 radical (unpaired) electrons. The number of rotatable bonds is 8. The second-order valence-electron chi connectivity index (χ2n) is 6.76. The molecule has 2 unspecified atom stereocenters. The molecule has 1 aromatic carbocycles. The van der Waals surface area contributed by atoms with Gasteiger partial charge in [0, 0.05) is 29.5 Å². The van der Waals surface area contributed by atoms with E-state index >= 15 is 0 Å². The van der Waals surface area contributed by atoms with Crippen molar-refractivity contribution >= 4 is 34.6 Å². The van der Waals surface area contributed by atoms with Crippen molar-refractivity contribution in [2.75, 3.05) is 6.54 Å².